The van der Waals surface area contributed by atoms with E-state index in [0.29, 0.717) is 25.3 Å². The van der Waals surface area contributed by atoms with Crippen LogP contribution in [0.4, 0.5) is 5.69 Å². The molecule has 3 rings (SSSR count). The van der Waals surface area contributed by atoms with Crippen LogP contribution in [0.1, 0.15) is 12.5 Å². The van der Waals surface area contributed by atoms with Crippen LogP contribution in [0.5, 0.6) is 5.75 Å². The number of amides is 2. The number of carbonyl (C=O) groups is 2. The van der Waals surface area contributed by atoms with E-state index in [9.17, 15) is 9.59 Å². The minimum absolute atomic E-state index is 0.0215. The predicted molar refractivity (Wildman–Crippen MR) is 96.7 cm³/mol. The number of benzene rings is 2. The summed E-state index contributed by atoms with van der Waals surface area (Å²) in [6.07, 6.45) is 0.313. The van der Waals surface area contributed by atoms with Crippen LogP contribution >= 0.6 is 0 Å². The number of piperazine rings is 1. The molecule has 1 atom stereocenters. The third-order valence-electron chi connectivity index (χ3n) is 4.55. The van der Waals surface area contributed by atoms with Gasteiger partial charge in [0.2, 0.25) is 11.8 Å². The molecule has 25 heavy (non-hydrogen) atoms. The van der Waals surface area contributed by atoms with Gasteiger partial charge in [0, 0.05) is 13.1 Å². The molecule has 1 unspecified atom stereocenters. The van der Waals surface area contributed by atoms with Crippen molar-refractivity contribution in [2.24, 2.45) is 0 Å². The lowest BCUT2D eigenvalue weighted by Crippen LogP contribution is -2.58. The summed E-state index contributed by atoms with van der Waals surface area (Å²) in [6.45, 7) is 2.76. The molecule has 5 nitrogen and oxygen atoms in total. The summed E-state index contributed by atoms with van der Waals surface area (Å²) in [5, 5.41) is 0. The predicted octanol–water partition coefficient (Wildman–Crippen LogP) is 2.50. The second kappa shape index (κ2) is 7.38. The van der Waals surface area contributed by atoms with Crippen LogP contribution in [0.3, 0.4) is 0 Å². The molecule has 1 aliphatic heterocycles. The summed E-state index contributed by atoms with van der Waals surface area (Å²) < 4.78 is 5.36. The number of rotatable bonds is 4. The van der Waals surface area contributed by atoms with Crippen LogP contribution in [-0.4, -0.2) is 43.0 Å². The van der Waals surface area contributed by atoms with Crippen LogP contribution in [0.25, 0.3) is 0 Å². The van der Waals surface area contributed by atoms with Gasteiger partial charge in [0.1, 0.15) is 11.8 Å². The topological polar surface area (TPSA) is 49.9 Å². The molecule has 0 N–H and O–H groups in total. The number of hydrogen-bond acceptors (Lipinski definition) is 3. The summed E-state index contributed by atoms with van der Waals surface area (Å²) in [4.78, 5) is 28.8. The molecule has 130 valence electrons. The second-order valence-corrected chi connectivity index (χ2v) is 6.09. The maximum Gasteiger partial charge on any atom is 0.249 e. The maximum absolute atomic E-state index is 12.8. The van der Waals surface area contributed by atoms with Crippen molar-refractivity contribution in [3.05, 3.63) is 60.2 Å². The van der Waals surface area contributed by atoms with E-state index < -0.39 is 6.04 Å². The van der Waals surface area contributed by atoms with Gasteiger partial charge in [-0.15, -0.1) is 0 Å². The highest BCUT2D eigenvalue weighted by atomic mass is 16.5. The van der Waals surface area contributed by atoms with Crippen molar-refractivity contribution < 1.29 is 14.3 Å². The first-order chi connectivity index (χ1) is 12.1. The fourth-order valence-corrected chi connectivity index (χ4v) is 3.18. The number of nitrogens with zero attached hydrogens (tertiary/aromatic N) is 2. The van der Waals surface area contributed by atoms with E-state index >= 15 is 0 Å². The standard InChI is InChI=1S/C20H22N2O3/c1-15-20(24)22(17-10-6-7-11-18(17)25-2)13-12-21(15)19(23)14-16-8-4-3-5-9-16/h3-11,15H,12-14H2,1-2H3. The fraction of sp³-hybridized carbons (Fsp3) is 0.300. The van der Waals surface area contributed by atoms with Gasteiger partial charge in [0.05, 0.1) is 19.2 Å². The lowest BCUT2D eigenvalue weighted by atomic mass is 10.1. The number of para-hydroxylation sites is 2. The lowest BCUT2D eigenvalue weighted by molar-refractivity contribution is -0.140. The van der Waals surface area contributed by atoms with E-state index in [0.717, 1.165) is 11.3 Å². The molecule has 5 heteroatoms. The Balaban J connectivity index is 1.74. The molecule has 0 bridgehead atoms. The van der Waals surface area contributed by atoms with Crippen LogP contribution in [0.15, 0.2) is 54.6 Å². The number of anilines is 1. The van der Waals surface area contributed by atoms with Gasteiger partial charge in [-0.3, -0.25) is 9.59 Å². The van der Waals surface area contributed by atoms with Gasteiger partial charge >= 0.3 is 0 Å². The SMILES string of the molecule is COc1ccccc1N1CCN(C(=O)Cc2ccccc2)C(C)C1=O. The van der Waals surface area contributed by atoms with Crippen molar-refractivity contribution >= 4 is 17.5 Å². The Bertz CT molecular complexity index is 761. The molecule has 2 aromatic rings. The second-order valence-electron chi connectivity index (χ2n) is 6.09. The van der Waals surface area contributed by atoms with Crippen molar-refractivity contribution in [1.29, 1.82) is 0 Å². The monoisotopic (exact) mass is 338 g/mol. The Morgan fingerprint density at radius 1 is 1.08 bits per heavy atom. The molecule has 1 fully saturated rings. The first kappa shape index (κ1) is 17.0. The van der Waals surface area contributed by atoms with Crippen LogP contribution in [0, 0.1) is 0 Å². The molecule has 1 heterocycles. The molecule has 0 aliphatic carbocycles. The zero-order chi connectivity index (χ0) is 17.8. The van der Waals surface area contributed by atoms with Crippen LogP contribution in [-0.2, 0) is 16.0 Å². The first-order valence-electron chi connectivity index (χ1n) is 8.39. The van der Waals surface area contributed by atoms with Crippen molar-refractivity contribution in [1.82, 2.24) is 4.90 Å². The molecule has 1 aliphatic rings. The molecule has 2 amide bonds. The van der Waals surface area contributed by atoms with Gasteiger partial charge in [-0.2, -0.15) is 0 Å². The quantitative estimate of drug-likeness (QED) is 0.861. The van der Waals surface area contributed by atoms with E-state index in [1.54, 1.807) is 23.8 Å². The fourth-order valence-electron chi connectivity index (χ4n) is 3.18. The van der Waals surface area contributed by atoms with Gasteiger partial charge in [0.15, 0.2) is 0 Å². The third-order valence-corrected chi connectivity index (χ3v) is 4.55. The zero-order valence-electron chi connectivity index (χ0n) is 14.5. The minimum Gasteiger partial charge on any atom is -0.495 e. The Hall–Kier alpha value is -2.82. The minimum atomic E-state index is -0.491. The van der Waals surface area contributed by atoms with E-state index in [1.165, 1.54) is 0 Å². The third kappa shape index (κ3) is 3.50. The van der Waals surface area contributed by atoms with Gasteiger partial charge in [-0.25, -0.2) is 0 Å². The average molecular weight is 338 g/mol. The van der Waals surface area contributed by atoms with Crippen molar-refractivity contribution in [3.8, 4) is 5.75 Å². The summed E-state index contributed by atoms with van der Waals surface area (Å²) >= 11 is 0. The van der Waals surface area contributed by atoms with Gasteiger partial charge < -0.3 is 14.5 Å². The van der Waals surface area contributed by atoms with Crippen LogP contribution < -0.4 is 9.64 Å². The van der Waals surface area contributed by atoms with Crippen molar-refractivity contribution in [2.45, 2.75) is 19.4 Å². The molecular weight excluding hydrogens is 316 g/mol. The smallest absolute Gasteiger partial charge is 0.249 e. The van der Waals surface area contributed by atoms with Crippen molar-refractivity contribution in [3.63, 3.8) is 0 Å². The molecule has 0 radical (unpaired) electrons. The van der Waals surface area contributed by atoms with E-state index in [-0.39, 0.29) is 11.8 Å². The Kier molecular flexibility index (Phi) is 5.03. The number of carbonyl (C=O) groups excluding carboxylic acids is 2. The number of hydrogen-bond donors (Lipinski definition) is 0. The molecule has 2 aromatic carbocycles. The van der Waals surface area contributed by atoms with Crippen LogP contribution in [0.2, 0.25) is 0 Å². The molecule has 0 saturated carbocycles. The lowest BCUT2D eigenvalue weighted by Gasteiger charge is -2.39. The van der Waals surface area contributed by atoms with Gasteiger partial charge in [0.25, 0.3) is 0 Å². The van der Waals surface area contributed by atoms with E-state index in [1.807, 2.05) is 54.6 Å². The normalized spacial score (nSPS) is 17.5. The Morgan fingerprint density at radius 3 is 2.48 bits per heavy atom. The largest absolute Gasteiger partial charge is 0.495 e. The Morgan fingerprint density at radius 2 is 1.76 bits per heavy atom. The summed E-state index contributed by atoms with van der Waals surface area (Å²) in [5.74, 6) is 0.552. The molecule has 1 saturated heterocycles. The zero-order valence-corrected chi connectivity index (χ0v) is 14.5. The summed E-state index contributed by atoms with van der Waals surface area (Å²) in [7, 11) is 1.59. The van der Waals surface area contributed by atoms with E-state index in [2.05, 4.69) is 0 Å². The number of methoxy groups -OCH3 is 1. The number of ether oxygens (including phenoxy) is 1. The highest BCUT2D eigenvalue weighted by Crippen LogP contribution is 2.30. The van der Waals surface area contributed by atoms with Gasteiger partial charge in [-0.05, 0) is 24.6 Å². The van der Waals surface area contributed by atoms with Gasteiger partial charge in [-0.1, -0.05) is 42.5 Å². The summed E-state index contributed by atoms with van der Waals surface area (Å²) in [6, 6.07) is 16.6. The molecular formula is C20H22N2O3. The molecule has 0 aromatic heterocycles. The Labute approximate surface area is 147 Å². The maximum atomic E-state index is 12.8. The highest BCUT2D eigenvalue weighted by Gasteiger charge is 2.35. The first-order valence-corrected chi connectivity index (χ1v) is 8.39. The molecule has 0 spiro atoms. The average Bonchev–Trinajstić information content (AvgIpc) is 2.64. The van der Waals surface area contributed by atoms with Crippen molar-refractivity contribution in [2.75, 3.05) is 25.1 Å². The highest BCUT2D eigenvalue weighted by molar-refractivity contribution is 6.01. The van der Waals surface area contributed by atoms with E-state index in [4.69, 9.17) is 4.74 Å². The summed E-state index contributed by atoms with van der Waals surface area (Å²) in [5.41, 5.74) is 1.70.